The lowest BCUT2D eigenvalue weighted by Crippen LogP contribution is -2.52. The van der Waals surface area contributed by atoms with Crippen LogP contribution in [0.25, 0.3) is 0 Å². The predicted molar refractivity (Wildman–Crippen MR) is 108 cm³/mol. The number of nitrogens with one attached hydrogen (secondary N) is 2. The molecule has 3 rings (SSSR count). The number of morpholine rings is 1. The van der Waals surface area contributed by atoms with Gasteiger partial charge < -0.3 is 15.4 Å². The van der Waals surface area contributed by atoms with Crippen molar-refractivity contribution in [3.63, 3.8) is 0 Å². The molecule has 2 fully saturated rings. The average molecular weight is 408 g/mol. The van der Waals surface area contributed by atoms with Gasteiger partial charge in [-0.25, -0.2) is 0 Å². The second-order valence-corrected chi connectivity index (χ2v) is 8.54. The third-order valence-electron chi connectivity index (χ3n) is 5.54. The van der Waals surface area contributed by atoms with Crippen LogP contribution in [0.15, 0.2) is 18.2 Å². The van der Waals surface area contributed by atoms with E-state index >= 15 is 0 Å². The highest BCUT2D eigenvalue weighted by Crippen LogP contribution is 2.32. The Kier molecular flexibility index (Phi) is 7.87. The highest BCUT2D eigenvalue weighted by Gasteiger charge is 2.35. The first-order valence-corrected chi connectivity index (χ1v) is 9.73. The molecule has 1 aliphatic carbocycles. The van der Waals surface area contributed by atoms with E-state index in [0.29, 0.717) is 28.0 Å². The lowest BCUT2D eigenvalue weighted by molar-refractivity contribution is 0.0522. The molecule has 1 aromatic rings. The van der Waals surface area contributed by atoms with Gasteiger partial charge in [0.25, 0.3) is 0 Å². The number of rotatable bonds is 5. The molecule has 2 N–H and O–H groups in total. The topological polar surface area (TPSA) is 33.3 Å². The zero-order chi connectivity index (χ0) is 17.2. The fourth-order valence-electron chi connectivity index (χ4n) is 3.99. The van der Waals surface area contributed by atoms with Gasteiger partial charge in [-0.1, -0.05) is 49.5 Å². The second kappa shape index (κ2) is 9.25. The fourth-order valence-corrected chi connectivity index (χ4v) is 4.29. The molecular weight excluding hydrogens is 379 g/mol. The largest absolute Gasteiger partial charge is 0.379 e. The molecule has 6 heteroatoms. The van der Waals surface area contributed by atoms with Gasteiger partial charge in [0.1, 0.15) is 0 Å². The third kappa shape index (κ3) is 5.24. The quantitative estimate of drug-likeness (QED) is 0.757. The molecule has 25 heavy (non-hydrogen) atoms. The number of benzene rings is 1. The Morgan fingerprint density at radius 1 is 1.24 bits per heavy atom. The van der Waals surface area contributed by atoms with Crippen molar-refractivity contribution >= 4 is 35.6 Å². The van der Waals surface area contributed by atoms with Gasteiger partial charge >= 0.3 is 0 Å². The lowest BCUT2D eigenvalue weighted by Gasteiger charge is -2.35. The highest BCUT2D eigenvalue weighted by molar-refractivity contribution is 6.42. The minimum atomic E-state index is 0. The Morgan fingerprint density at radius 3 is 2.72 bits per heavy atom. The zero-order valence-electron chi connectivity index (χ0n) is 15.0. The van der Waals surface area contributed by atoms with Gasteiger partial charge in [0, 0.05) is 30.6 Å². The smallest absolute Gasteiger partial charge is 0.0623 e. The van der Waals surface area contributed by atoms with Gasteiger partial charge in [-0.3, -0.25) is 0 Å². The summed E-state index contributed by atoms with van der Waals surface area (Å²) in [6.07, 6.45) is 3.83. The summed E-state index contributed by atoms with van der Waals surface area (Å²) < 4.78 is 5.66. The minimum Gasteiger partial charge on any atom is -0.379 e. The molecule has 2 aliphatic rings. The monoisotopic (exact) mass is 406 g/mol. The maximum atomic E-state index is 6.20. The van der Waals surface area contributed by atoms with E-state index in [1.54, 1.807) is 0 Å². The normalized spacial score (nSPS) is 27.1. The van der Waals surface area contributed by atoms with Crippen molar-refractivity contribution in [2.45, 2.75) is 50.6 Å². The van der Waals surface area contributed by atoms with Gasteiger partial charge in [-0.05, 0) is 36.5 Å². The van der Waals surface area contributed by atoms with Crippen LogP contribution in [-0.4, -0.2) is 38.4 Å². The Hall–Kier alpha value is -0.0300. The van der Waals surface area contributed by atoms with Gasteiger partial charge in [-0.2, -0.15) is 0 Å². The van der Waals surface area contributed by atoms with E-state index in [-0.39, 0.29) is 17.8 Å². The van der Waals surface area contributed by atoms with Crippen molar-refractivity contribution in [2.75, 3.05) is 26.3 Å². The molecule has 0 spiro atoms. The van der Waals surface area contributed by atoms with Crippen LogP contribution in [0.1, 0.15) is 38.7 Å². The third-order valence-corrected chi connectivity index (χ3v) is 6.28. The van der Waals surface area contributed by atoms with Crippen LogP contribution >= 0.6 is 35.6 Å². The van der Waals surface area contributed by atoms with Crippen LogP contribution in [0, 0.1) is 5.92 Å². The van der Waals surface area contributed by atoms with Crippen molar-refractivity contribution in [3.05, 3.63) is 33.8 Å². The van der Waals surface area contributed by atoms with Gasteiger partial charge in [0.15, 0.2) is 0 Å². The number of ether oxygens (including phenoxy) is 1. The van der Waals surface area contributed by atoms with Crippen LogP contribution in [0.4, 0.5) is 0 Å². The molecule has 0 radical (unpaired) electrons. The first-order chi connectivity index (χ1) is 11.5. The van der Waals surface area contributed by atoms with E-state index in [9.17, 15) is 0 Å². The summed E-state index contributed by atoms with van der Waals surface area (Å²) in [7, 11) is 0. The summed E-state index contributed by atoms with van der Waals surface area (Å²) in [6.45, 7) is 8.10. The molecular formula is C19H29Cl3N2O. The molecule has 3 unspecified atom stereocenters. The van der Waals surface area contributed by atoms with Crippen molar-refractivity contribution in [2.24, 2.45) is 5.92 Å². The molecule has 0 aromatic heterocycles. The van der Waals surface area contributed by atoms with E-state index in [2.05, 4.69) is 30.5 Å². The summed E-state index contributed by atoms with van der Waals surface area (Å²) in [6, 6.07) is 7.02. The van der Waals surface area contributed by atoms with E-state index in [1.165, 1.54) is 24.8 Å². The second-order valence-electron chi connectivity index (χ2n) is 7.73. The molecule has 142 valence electrons. The summed E-state index contributed by atoms with van der Waals surface area (Å²) >= 11 is 12.2. The van der Waals surface area contributed by atoms with Gasteiger partial charge in [0.05, 0.1) is 23.3 Å². The molecule has 1 aromatic carbocycles. The molecule has 1 aliphatic heterocycles. The van der Waals surface area contributed by atoms with E-state index in [1.807, 2.05) is 12.1 Å². The zero-order valence-corrected chi connectivity index (χ0v) is 17.3. The van der Waals surface area contributed by atoms with Gasteiger partial charge in [-0.15, -0.1) is 12.4 Å². The van der Waals surface area contributed by atoms with Gasteiger partial charge in [0.2, 0.25) is 0 Å². The Labute approximate surface area is 167 Å². The first kappa shape index (κ1) is 21.3. The summed E-state index contributed by atoms with van der Waals surface area (Å²) in [5, 5.41) is 8.71. The molecule has 1 saturated heterocycles. The molecule has 3 atom stereocenters. The Morgan fingerprint density at radius 2 is 2.04 bits per heavy atom. The first-order valence-electron chi connectivity index (χ1n) is 8.97. The molecule has 0 amide bonds. The van der Waals surface area contributed by atoms with Crippen LogP contribution in [0.5, 0.6) is 0 Å². The standard InChI is InChI=1S/C19H28Cl2N2O.ClH/c1-19(2,13-6-7-15(20)16(21)10-13)12-23-17-5-3-4-14(17)18-11-24-9-8-22-18;/h6-7,10,14,17-18,22-23H,3-5,8-9,11-12H2,1-2H3;1H. The Balaban J connectivity index is 0.00000225. The maximum absolute atomic E-state index is 6.20. The maximum Gasteiger partial charge on any atom is 0.0623 e. The van der Waals surface area contributed by atoms with Crippen molar-refractivity contribution < 1.29 is 4.74 Å². The van der Waals surface area contributed by atoms with E-state index in [0.717, 1.165) is 26.3 Å². The SMILES string of the molecule is CC(C)(CNC1CCCC1C1COCCN1)c1ccc(Cl)c(Cl)c1.Cl. The van der Waals surface area contributed by atoms with E-state index < -0.39 is 0 Å². The Bertz CT molecular complexity index is 562. The number of halogens is 3. The summed E-state index contributed by atoms with van der Waals surface area (Å²) in [5.74, 6) is 0.662. The molecule has 0 bridgehead atoms. The highest BCUT2D eigenvalue weighted by atomic mass is 35.5. The fraction of sp³-hybridized carbons (Fsp3) is 0.684. The number of hydrogen-bond acceptors (Lipinski definition) is 3. The van der Waals surface area contributed by atoms with Crippen LogP contribution < -0.4 is 10.6 Å². The molecule has 1 heterocycles. The van der Waals surface area contributed by atoms with Crippen LogP contribution in [0.3, 0.4) is 0 Å². The van der Waals surface area contributed by atoms with Crippen LogP contribution in [0.2, 0.25) is 10.0 Å². The van der Waals surface area contributed by atoms with Crippen molar-refractivity contribution in [1.82, 2.24) is 10.6 Å². The molecule has 1 saturated carbocycles. The van der Waals surface area contributed by atoms with Crippen molar-refractivity contribution in [3.8, 4) is 0 Å². The molecule has 3 nitrogen and oxygen atoms in total. The lowest BCUT2D eigenvalue weighted by atomic mass is 9.84. The summed E-state index contributed by atoms with van der Waals surface area (Å²) in [5.41, 5.74) is 1.23. The summed E-state index contributed by atoms with van der Waals surface area (Å²) in [4.78, 5) is 0. The number of hydrogen-bond donors (Lipinski definition) is 2. The van der Waals surface area contributed by atoms with Crippen LogP contribution in [-0.2, 0) is 10.2 Å². The average Bonchev–Trinajstić information content (AvgIpc) is 3.05. The van der Waals surface area contributed by atoms with E-state index in [4.69, 9.17) is 27.9 Å². The van der Waals surface area contributed by atoms with Crippen molar-refractivity contribution in [1.29, 1.82) is 0 Å². The predicted octanol–water partition coefficient (Wildman–Crippen LogP) is 4.44. The minimum absolute atomic E-state index is 0.